The lowest BCUT2D eigenvalue weighted by molar-refractivity contribution is -0.122. The van der Waals surface area contributed by atoms with E-state index < -0.39 is 5.72 Å². The minimum atomic E-state index is -0.653. The van der Waals surface area contributed by atoms with Gasteiger partial charge in [0.05, 0.1) is 5.71 Å². The maximum atomic E-state index is 12.6. The highest BCUT2D eigenvalue weighted by Gasteiger charge is 2.30. The van der Waals surface area contributed by atoms with Gasteiger partial charge in [-0.15, -0.1) is 0 Å². The van der Waals surface area contributed by atoms with Crippen LogP contribution in [0.2, 0.25) is 5.02 Å². The predicted octanol–water partition coefficient (Wildman–Crippen LogP) is 4.80. The van der Waals surface area contributed by atoms with Crippen LogP contribution in [0, 0.1) is 5.92 Å². The molecule has 0 atom stereocenters. The third-order valence-corrected chi connectivity index (χ3v) is 4.66. The van der Waals surface area contributed by atoms with Crippen LogP contribution in [0.15, 0.2) is 23.2 Å². The zero-order valence-electron chi connectivity index (χ0n) is 13.2. The number of carbonyl (C=O) groups is 1. The first-order valence-corrected chi connectivity index (χ1v) is 8.43. The number of hydrogen-bond acceptors (Lipinski definition) is 3. The van der Waals surface area contributed by atoms with Crippen LogP contribution in [0.5, 0.6) is 5.75 Å². The summed E-state index contributed by atoms with van der Waals surface area (Å²) in [4.78, 5) is 17.3. The first kappa shape index (κ1) is 15.5. The molecule has 0 radical (unpaired) electrons. The molecule has 1 aliphatic carbocycles. The van der Waals surface area contributed by atoms with E-state index >= 15 is 0 Å². The molecule has 1 saturated carbocycles. The van der Waals surface area contributed by atoms with Crippen molar-refractivity contribution in [2.45, 2.75) is 58.1 Å². The predicted molar refractivity (Wildman–Crippen MR) is 88.9 cm³/mol. The normalized spacial score (nSPS) is 20.8. The molecule has 3 rings (SSSR count). The van der Waals surface area contributed by atoms with E-state index in [9.17, 15) is 4.79 Å². The summed E-state index contributed by atoms with van der Waals surface area (Å²) in [6, 6.07) is 5.53. The highest BCUT2D eigenvalue weighted by Crippen LogP contribution is 2.34. The fraction of sp³-hybridized carbons (Fsp3) is 0.556. The molecule has 0 bridgehead atoms. The Hall–Kier alpha value is -1.35. The fourth-order valence-corrected chi connectivity index (χ4v) is 3.53. The number of hydrogen-bond donors (Lipinski definition) is 0. The molecule has 1 aromatic carbocycles. The topological polar surface area (TPSA) is 38.7 Å². The van der Waals surface area contributed by atoms with E-state index in [1.54, 1.807) is 6.07 Å². The van der Waals surface area contributed by atoms with Gasteiger partial charge in [0.1, 0.15) is 11.5 Å². The van der Waals surface area contributed by atoms with Gasteiger partial charge in [-0.1, -0.05) is 30.9 Å². The molecule has 0 spiro atoms. The summed E-state index contributed by atoms with van der Waals surface area (Å²) in [5.41, 5.74) is 1.08. The third kappa shape index (κ3) is 3.35. The monoisotopic (exact) mass is 319 g/mol. The van der Waals surface area contributed by atoms with Crippen LogP contribution in [0.3, 0.4) is 0 Å². The van der Waals surface area contributed by atoms with Crippen LogP contribution in [0.1, 0.15) is 57.9 Å². The molecule has 0 unspecified atom stereocenters. The van der Waals surface area contributed by atoms with Crippen molar-refractivity contribution in [3.8, 4) is 5.75 Å². The summed E-state index contributed by atoms with van der Waals surface area (Å²) >= 11 is 6.06. The van der Waals surface area contributed by atoms with Gasteiger partial charge < -0.3 is 4.74 Å². The van der Waals surface area contributed by atoms with Crippen LogP contribution < -0.4 is 4.74 Å². The SMILES string of the molecule is CC1(C)N=C(CC(=O)C2CCCCC2)c2ccc(Cl)cc2O1. The molecule has 1 heterocycles. The molecule has 1 aromatic rings. The van der Waals surface area contributed by atoms with Gasteiger partial charge in [0, 0.05) is 22.9 Å². The number of carbonyl (C=O) groups excluding carboxylic acids is 1. The summed E-state index contributed by atoms with van der Waals surface area (Å²) in [5, 5.41) is 0.634. The van der Waals surface area contributed by atoms with Crippen LogP contribution in [0.25, 0.3) is 0 Å². The first-order valence-electron chi connectivity index (χ1n) is 8.05. The Morgan fingerprint density at radius 2 is 2.05 bits per heavy atom. The molecule has 1 aliphatic heterocycles. The Morgan fingerprint density at radius 1 is 1.32 bits per heavy atom. The van der Waals surface area contributed by atoms with E-state index in [0.29, 0.717) is 17.2 Å². The summed E-state index contributed by atoms with van der Waals surface area (Å²) in [5.74, 6) is 1.24. The zero-order valence-corrected chi connectivity index (χ0v) is 13.9. The van der Waals surface area contributed by atoms with Gasteiger partial charge in [0.15, 0.2) is 5.72 Å². The molecule has 0 saturated heterocycles. The number of aliphatic imine (C=N–C) groups is 1. The van der Waals surface area contributed by atoms with E-state index in [2.05, 4.69) is 4.99 Å². The van der Waals surface area contributed by atoms with Crippen molar-refractivity contribution in [2.24, 2.45) is 10.9 Å². The van der Waals surface area contributed by atoms with E-state index in [1.165, 1.54) is 19.3 Å². The van der Waals surface area contributed by atoms with Gasteiger partial charge in [-0.25, -0.2) is 4.99 Å². The van der Waals surface area contributed by atoms with Crippen molar-refractivity contribution in [2.75, 3.05) is 0 Å². The second-order valence-corrected chi connectivity index (χ2v) is 7.16. The molecule has 4 heteroatoms. The summed E-state index contributed by atoms with van der Waals surface area (Å²) in [6.45, 7) is 3.81. The standard InChI is InChI=1S/C18H22ClNO2/c1-18(2)20-15(11-16(21)12-6-4-3-5-7-12)14-9-8-13(19)10-17(14)22-18/h8-10,12H,3-7,11H2,1-2H3. The smallest absolute Gasteiger partial charge is 0.194 e. The van der Waals surface area contributed by atoms with Gasteiger partial charge in [0.25, 0.3) is 0 Å². The molecule has 0 aromatic heterocycles. The minimum absolute atomic E-state index is 0.207. The molecule has 22 heavy (non-hydrogen) atoms. The number of nitrogens with zero attached hydrogens (tertiary/aromatic N) is 1. The second kappa shape index (κ2) is 6.04. The van der Waals surface area contributed by atoms with Crippen molar-refractivity contribution in [3.05, 3.63) is 28.8 Å². The van der Waals surface area contributed by atoms with Gasteiger partial charge >= 0.3 is 0 Å². The average molecular weight is 320 g/mol. The van der Waals surface area contributed by atoms with Crippen LogP contribution in [-0.2, 0) is 4.79 Å². The number of fused-ring (bicyclic) bond motifs is 1. The number of ether oxygens (including phenoxy) is 1. The zero-order chi connectivity index (χ0) is 15.7. The van der Waals surface area contributed by atoms with E-state index in [4.69, 9.17) is 16.3 Å². The molecular formula is C18H22ClNO2. The summed E-state index contributed by atoms with van der Waals surface area (Å²) in [6.07, 6.45) is 6.05. The number of Topliss-reactive ketones (excluding diaryl/α,β-unsaturated/α-hetero) is 1. The first-order chi connectivity index (χ1) is 10.4. The highest BCUT2D eigenvalue weighted by molar-refractivity contribution is 6.31. The van der Waals surface area contributed by atoms with E-state index in [0.717, 1.165) is 29.9 Å². The molecule has 2 aliphatic rings. The molecule has 3 nitrogen and oxygen atoms in total. The Morgan fingerprint density at radius 3 is 2.77 bits per heavy atom. The van der Waals surface area contributed by atoms with Gasteiger partial charge in [-0.05, 0) is 44.9 Å². The Kier molecular flexibility index (Phi) is 4.26. The van der Waals surface area contributed by atoms with Gasteiger partial charge in [-0.2, -0.15) is 0 Å². The molecule has 0 amide bonds. The van der Waals surface area contributed by atoms with Crippen molar-refractivity contribution in [3.63, 3.8) is 0 Å². The Labute approximate surface area is 136 Å². The Bertz CT molecular complexity index is 616. The van der Waals surface area contributed by atoms with Crippen LogP contribution >= 0.6 is 11.6 Å². The lowest BCUT2D eigenvalue weighted by Crippen LogP contribution is -2.33. The lowest BCUT2D eigenvalue weighted by Gasteiger charge is -2.30. The molecule has 1 fully saturated rings. The number of rotatable bonds is 3. The molecular weight excluding hydrogens is 298 g/mol. The van der Waals surface area contributed by atoms with Crippen LogP contribution in [0.4, 0.5) is 0 Å². The van der Waals surface area contributed by atoms with Crippen molar-refractivity contribution in [1.82, 2.24) is 0 Å². The molecule has 118 valence electrons. The summed E-state index contributed by atoms with van der Waals surface area (Å²) in [7, 11) is 0. The minimum Gasteiger partial charge on any atom is -0.466 e. The number of ketones is 1. The third-order valence-electron chi connectivity index (χ3n) is 4.42. The lowest BCUT2D eigenvalue weighted by atomic mass is 9.84. The van der Waals surface area contributed by atoms with Gasteiger partial charge in [0.2, 0.25) is 0 Å². The van der Waals surface area contributed by atoms with Crippen molar-refractivity contribution < 1.29 is 9.53 Å². The van der Waals surface area contributed by atoms with Crippen molar-refractivity contribution >= 4 is 23.1 Å². The number of halogens is 1. The average Bonchev–Trinajstić information content (AvgIpc) is 2.46. The Balaban J connectivity index is 1.85. The number of benzene rings is 1. The maximum absolute atomic E-state index is 12.6. The second-order valence-electron chi connectivity index (χ2n) is 6.73. The van der Waals surface area contributed by atoms with Gasteiger partial charge in [-0.3, -0.25) is 4.79 Å². The summed E-state index contributed by atoms with van der Waals surface area (Å²) < 4.78 is 5.87. The van der Waals surface area contributed by atoms with Crippen molar-refractivity contribution in [1.29, 1.82) is 0 Å². The largest absolute Gasteiger partial charge is 0.466 e. The van der Waals surface area contributed by atoms with E-state index in [-0.39, 0.29) is 5.92 Å². The molecule has 0 N–H and O–H groups in total. The van der Waals surface area contributed by atoms with Crippen LogP contribution in [-0.4, -0.2) is 17.2 Å². The maximum Gasteiger partial charge on any atom is 0.194 e. The fourth-order valence-electron chi connectivity index (χ4n) is 3.36. The van der Waals surface area contributed by atoms with E-state index in [1.807, 2.05) is 26.0 Å². The quantitative estimate of drug-likeness (QED) is 0.803. The highest BCUT2D eigenvalue weighted by atomic mass is 35.5.